The zero-order valence-corrected chi connectivity index (χ0v) is 13.7. The standard InChI is InChI=1S/C19H20ClNO/c1-14-18(20)13-21(19(14)16-6-4-3-5-7-16)12-15-8-10-17(22-2)11-9-15/h3-11,19H,12-13H2,1-2H3. The van der Waals surface area contributed by atoms with Crippen LogP contribution in [0.3, 0.4) is 0 Å². The SMILES string of the molecule is COc1ccc(CN2CC(Cl)=C(C)C2c2ccccc2)cc1. The van der Waals surface area contributed by atoms with Gasteiger partial charge in [-0.15, -0.1) is 0 Å². The van der Waals surface area contributed by atoms with E-state index in [4.69, 9.17) is 16.3 Å². The number of nitrogens with zero attached hydrogens (tertiary/aromatic N) is 1. The first-order chi connectivity index (χ1) is 10.7. The van der Waals surface area contributed by atoms with Crippen LogP contribution in [0.5, 0.6) is 5.75 Å². The third-order valence-corrected chi connectivity index (χ3v) is 4.62. The van der Waals surface area contributed by atoms with Gasteiger partial charge in [-0.05, 0) is 35.8 Å². The van der Waals surface area contributed by atoms with Gasteiger partial charge in [0.05, 0.1) is 13.2 Å². The lowest BCUT2D eigenvalue weighted by Crippen LogP contribution is -2.24. The van der Waals surface area contributed by atoms with Crippen molar-refractivity contribution in [3.63, 3.8) is 0 Å². The van der Waals surface area contributed by atoms with Gasteiger partial charge in [-0.1, -0.05) is 54.1 Å². The minimum absolute atomic E-state index is 0.260. The Kier molecular flexibility index (Phi) is 4.51. The molecule has 0 N–H and O–H groups in total. The van der Waals surface area contributed by atoms with Crippen LogP contribution in [0.4, 0.5) is 0 Å². The second-order valence-corrected chi connectivity index (χ2v) is 6.11. The Balaban J connectivity index is 1.83. The van der Waals surface area contributed by atoms with Crippen LogP contribution in [0, 0.1) is 0 Å². The van der Waals surface area contributed by atoms with Gasteiger partial charge in [0.1, 0.15) is 5.75 Å². The molecular formula is C19H20ClNO. The first-order valence-corrected chi connectivity index (χ1v) is 7.84. The first-order valence-electron chi connectivity index (χ1n) is 7.46. The van der Waals surface area contributed by atoms with E-state index in [-0.39, 0.29) is 6.04 Å². The predicted octanol–water partition coefficient (Wildman–Crippen LogP) is 4.76. The topological polar surface area (TPSA) is 12.5 Å². The predicted molar refractivity (Wildman–Crippen MR) is 91.1 cm³/mol. The number of hydrogen-bond donors (Lipinski definition) is 0. The van der Waals surface area contributed by atoms with Gasteiger partial charge in [0, 0.05) is 18.1 Å². The summed E-state index contributed by atoms with van der Waals surface area (Å²) in [7, 11) is 1.69. The van der Waals surface area contributed by atoms with Crippen molar-refractivity contribution >= 4 is 11.6 Å². The van der Waals surface area contributed by atoms with Gasteiger partial charge < -0.3 is 4.74 Å². The van der Waals surface area contributed by atoms with Crippen molar-refractivity contribution in [2.75, 3.05) is 13.7 Å². The summed E-state index contributed by atoms with van der Waals surface area (Å²) in [6, 6.07) is 19.1. The monoisotopic (exact) mass is 313 g/mol. The van der Waals surface area contributed by atoms with Crippen molar-refractivity contribution < 1.29 is 4.74 Å². The highest BCUT2D eigenvalue weighted by Gasteiger charge is 2.30. The third kappa shape index (κ3) is 3.03. The molecule has 0 spiro atoms. The Hall–Kier alpha value is -1.77. The lowest BCUT2D eigenvalue weighted by molar-refractivity contribution is 0.259. The zero-order chi connectivity index (χ0) is 15.5. The molecule has 0 aromatic heterocycles. The van der Waals surface area contributed by atoms with E-state index in [2.05, 4.69) is 48.2 Å². The van der Waals surface area contributed by atoms with Crippen molar-refractivity contribution in [3.8, 4) is 5.75 Å². The molecule has 114 valence electrons. The van der Waals surface area contributed by atoms with Gasteiger partial charge in [0.2, 0.25) is 0 Å². The zero-order valence-electron chi connectivity index (χ0n) is 12.9. The molecule has 0 amide bonds. The summed E-state index contributed by atoms with van der Waals surface area (Å²) in [5.41, 5.74) is 3.81. The van der Waals surface area contributed by atoms with Crippen LogP contribution in [0.1, 0.15) is 24.1 Å². The molecular weight excluding hydrogens is 294 g/mol. The van der Waals surface area contributed by atoms with Crippen LogP contribution in [-0.4, -0.2) is 18.6 Å². The summed E-state index contributed by atoms with van der Waals surface area (Å²) in [5.74, 6) is 0.886. The Morgan fingerprint density at radius 1 is 1.09 bits per heavy atom. The number of hydrogen-bond acceptors (Lipinski definition) is 2. The fourth-order valence-corrected chi connectivity index (χ4v) is 3.28. The van der Waals surface area contributed by atoms with E-state index >= 15 is 0 Å². The molecule has 2 aromatic rings. The molecule has 22 heavy (non-hydrogen) atoms. The average Bonchev–Trinajstić information content (AvgIpc) is 2.83. The molecule has 0 bridgehead atoms. The number of halogens is 1. The van der Waals surface area contributed by atoms with E-state index in [0.717, 1.165) is 23.9 Å². The summed E-state index contributed by atoms with van der Waals surface area (Å²) >= 11 is 6.43. The van der Waals surface area contributed by atoms with Crippen LogP contribution < -0.4 is 4.74 Å². The molecule has 1 atom stereocenters. The van der Waals surface area contributed by atoms with Crippen molar-refractivity contribution in [1.82, 2.24) is 4.90 Å². The highest BCUT2D eigenvalue weighted by Crippen LogP contribution is 2.39. The Morgan fingerprint density at radius 2 is 1.77 bits per heavy atom. The number of methoxy groups -OCH3 is 1. The minimum atomic E-state index is 0.260. The lowest BCUT2D eigenvalue weighted by atomic mass is 10.0. The molecule has 0 saturated carbocycles. The maximum absolute atomic E-state index is 6.43. The van der Waals surface area contributed by atoms with Crippen LogP contribution in [0.15, 0.2) is 65.2 Å². The van der Waals surface area contributed by atoms with Crippen LogP contribution in [-0.2, 0) is 6.54 Å². The molecule has 2 aromatic carbocycles. The van der Waals surface area contributed by atoms with Crippen LogP contribution in [0.25, 0.3) is 0 Å². The summed E-state index contributed by atoms with van der Waals surface area (Å²) < 4.78 is 5.22. The van der Waals surface area contributed by atoms with Gasteiger partial charge in [0.25, 0.3) is 0 Å². The summed E-state index contributed by atoms with van der Waals surface area (Å²) in [4.78, 5) is 2.41. The average molecular weight is 314 g/mol. The van der Waals surface area contributed by atoms with Gasteiger partial charge in [-0.25, -0.2) is 0 Å². The maximum atomic E-state index is 6.43. The van der Waals surface area contributed by atoms with Crippen molar-refractivity contribution in [3.05, 3.63) is 76.3 Å². The Bertz CT molecular complexity index is 664. The minimum Gasteiger partial charge on any atom is -0.497 e. The molecule has 3 heteroatoms. The van der Waals surface area contributed by atoms with Crippen LogP contribution >= 0.6 is 11.6 Å². The van der Waals surface area contributed by atoms with Crippen molar-refractivity contribution in [1.29, 1.82) is 0 Å². The normalized spacial score (nSPS) is 18.8. The van der Waals surface area contributed by atoms with E-state index < -0.39 is 0 Å². The van der Waals surface area contributed by atoms with E-state index in [1.807, 2.05) is 18.2 Å². The molecule has 3 rings (SSSR count). The van der Waals surface area contributed by atoms with E-state index in [1.165, 1.54) is 16.7 Å². The smallest absolute Gasteiger partial charge is 0.118 e. The molecule has 1 aliphatic heterocycles. The van der Waals surface area contributed by atoms with Gasteiger partial charge in [-0.2, -0.15) is 0 Å². The van der Waals surface area contributed by atoms with Crippen molar-refractivity contribution in [2.24, 2.45) is 0 Å². The van der Waals surface area contributed by atoms with Crippen LogP contribution in [0.2, 0.25) is 0 Å². The molecule has 0 fully saturated rings. The quantitative estimate of drug-likeness (QED) is 0.806. The second kappa shape index (κ2) is 6.55. The molecule has 0 saturated heterocycles. The molecule has 2 nitrogen and oxygen atoms in total. The highest BCUT2D eigenvalue weighted by molar-refractivity contribution is 6.30. The number of rotatable bonds is 4. The first kappa shape index (κ1) is 15.1. The summed E-state index contributed by atoms with van der Waals surface area (Å²) in [5, 5.41) is 0.961. The third-order valence-electron chi connectivity index (χ3n) is 4.21. The molecule has 1 unspecified atom stereocenters. The highest BCUT2D eigenvalue weighted by atomic mass is 35.5. The fourth-order valence-electron chi connectivity index (χ4n) is 3.03. The molecule has 0 radical (unpaired) electrons. The molecule has 0 aliphatic carbocycles. The van der Waals surface area contributed by atoms with E-state index in [0.29, 0.717) is 0 Å². The summed E-state index contributed by atoms with van der Waals surface area (Å²) in [6.45, 7) is 3.81. The van der Waals surface area contributed by atoms with Gasteiger partial charge >= 0.3 is 0 Å². The lowest BCUT2D eigenvalue weighted by Gasteiger charge is -2.26. The largest absolute Gasteiger partial charge is 0.497 e. The number of benzene rings is 2. The second-order valence-electron chi connectivity index (χ2n) is 5.65. The Morgan fingerprint density at radius 3 is 2.41 bits per heavy atom. The summed E-state index contributed by atoms with van der Waals surface area (Å²) in [6.07, 6.45) is 0. The fraction of sp³-hybridized carbons (Fsp3) is 0.263. The molecule has 1 heterocycles. The van der Waals surface area contributed by atoms with Gasteiger partial charge in [-0.3, -0.25) is 4.90 Å². The van der Waals surface area contributed by atoms with E-state index in [1.54, 1.807) is 7.11 Å². The number of ether oxygens (including phenoxy) is 1. The van der Waals surface area contributed by atoms with Gasteiger partial charge in [0.15, 0.2) is 0 Å². The van der Waals surface area contributed by atoms with Crippen molar-refractivity contribution in [2.45, 2.75) is 19.5 Å². The Labute approximate surface area is 137 Å². The molecule has 1 aliphatic rings. The maximum Gasteiger partial charge on any atom is 0.118 e. The van der Waals surface area contributed by atoms with E-state index in [9.17, 15) is 0 Å².